The molecule has 0 aliphatic heterocycles. The zero-order valence-electron chi connectivity index (χ0n) is 43.3. The summed E-state index contributed by atoms with van der Waals surface area (Å²) < 4.78 is 19.1. The van der Waals surface area contributed by atoms with Gasteiger partial charge in [0.2, 0.25) is 0 Å². The van der Waals surface area contributed by atoms with Gasteiger partial charge in [0.05, 0.1) is 37.9 Å². The lowest BCUT2D eigenvalue weighted by molar-refractivity contribution is -0.368. The number of carboxylic acid groups (broad SMARTS) is 1. The maximum absolute atomic E-state index is 12.6. The number of rotatable bonds is 16. The number of aliphatic carboxylic acids is 1. The lowest BCUT2D eigenvalue weighted by Crippen LogP contribution is -2.63. The number of esters is 1. The van der Waals surface area contributed by atoms with Crippen LogP contribution in [0, 0.1) is 75.4 Å². The topological polar surface area (TPSA) is 173 Å². The molecule has 384 valence electrons. The lowest BCUT2D eigenvalue weighted by atomic mass is 9.43. The third-order valence-electron chi connectivity index (χ3n) is 21.1. The Morgan fingerprint density at radius 2 is 1.74 bits per heavy atom. The molecule has 6 saturated carbocycles. The molecule has 0 amide bonds. The minimum atomic E-state index is -1.02. The standard InChI is InChI=1S/C59H84N2O9/c1-7-24-59(67)26-23-47-44-17-13-38-30-41(62)16-18-43(38)54(44)45(34-57(47,59)4)37-11-14-40(15-12-37)61(6)28-29-68-42-22-25-56(3)39(31-42)32-50(69-35-70-53(66)9-8-27-60)55-48-20-19-46(36(2)10-21-52(64)65)58(48,5)51(63)33-49(55)56/h11-12,14-15,30,36,39,42,44-51,55,63,67H,8-10,13,16-23,25-29,31-35,60H2,1-6H3,(H,64,65)/t36-,39+,42+,44?,45-,46-,47?,48+,49+,50-,51+,55+,56+,57+,58-,59+/m1/s1. The number of hydrogen-bond acceptors (Lipinski definition) is 10. The largest absolute Gasteiger partial charge is 0.550 e. The number of ketones is 1. The van der Waals surface area contributed by atoms with Gasteiger partial charge >= 0.3 is 5.97 Å². The number of ether oxygens (including phenoxy) is 3. The zero-order valence-corrected chi connectivity index (χ0v) is 43.3. The van der Waals surface area contributed by atoms with E-state index in [1.54, 1.807) is 0 Å². The van der Waals surface area contributed by atoms with E-state index in [0.717, 1.165) is 82.9 Å². The summed E-state index contributed by atoms with van der Waals surface area (Å²) in [5.41, 5.74) is 8.79. The van der Waals surface area contributed by atoms with Crippen molar-refractivity contribution in [2.75, 3.05) is 38.4 Å². The molecule has 0 aromatic heterocycles. The second-order valence-corrected chi connectivity index (χ2v) is 24.3. The number of nitrogens with zero attached hydrogens (tertiary/aromatic N) is 1. The number of carbonyl (C=O) groups is 3. The van der Waals surface area contributed by atoms with Crippen molar-refractivity contribution in [3.8, 4) is 11.8 Å². The van der Waals surface area contributed by atoms with Crippen LogP contribution >= 0.6 is 0 Å². The summed E-state index contributed by atoms with van der Waals surface area (Å²) >= 11 is 0. The summed E-state index contributed by atoms with van der Waals surface area (Å²) in [6.45, 7) is 13.0. The van der Waals surface area contributed by atoms with Crippen LogP contribution in [-0.4, -0.2) is 85.4 Å². The fourth-order valence-electron chi connectivity index (χ4n) is 17.3. The van der Waals surface area contributed by atoms with Crippen molar-refractivity contribution >= 4 is 23.4 Å². The molecular weight excluding hydrogens is 881 g/mol. The van der Waals surface area contributed by atoms with Crippen molar-refractivity contribution < 1.29 is 49.6 Å². The Morgan fingerprint density at radius 1 is 0.957 bits per heavy atom. The van der Waals surface area contributed by atoms with Gasteiger partial charge in [-0.2, -0.15) is 0 Å². The van der Waals surface area contributed by atoms with Crippen LogP contribution in [0.15, 0.2) is 47.1 Å². The molecule has 0 heterocycles. The van der Waals surface area contributed by atoms with Crippen LogP contribution in [0.1, 0.15) is 162 Å². The van der Waals surface area contributed by atoms with Crippen LogP contribution in [-0.2, 0) is 28.6 Å². The van der Waals surface area contributed by atoms with E-state index in [-0.39, 0.29) is 88.9 Å². The van der Waals surface area contributed by atoms with Crippen molar-refractivity contribution in [2.24, 2.45) is 63.6 Å². The first-order chi connectivity index (χ1) is 33.4. The number of hydrogen-bond donors (Lipinski definition) is 3. The first-order valence-corrected chi connectivity index (χ1v) is 27.5. The fourth-order valence-corrected chi connectivity index (χ4v) is 17.3. The predicted octanol–water partition coefficient (Wildman–Crippen LogP) is 7.48. The second-order valence-electron chi connectivity index (χ2n) is 24.3. The molecule has 0 bridgehead atoms. The summed E-state index contributed by atoms with van der Waals surface area (Å²) in [6, 6.07) is 9.08. The van der Waals surface area contributed by atoms with E-state index in [2.05, 4.69) is 81.5 Å². The molecule has 2 unspecified atom stereocenters. The number of fused-ring (bicyclic) bond motifs is 9. The van der Waals surface area contributed by atoms with Gasteiger partial charge in [0.25, 0.3) is 0 Å². The number of carboxylic acids is 1. The minimum Gasteiger partial charge on any atom is -0.550 e. The number of anilines is 1. The Hall–Kier alpha value is -3.53. The number of allylic oxidation sites excluding steroid dienone is 4. The molecule has 0 spiro atoms. The van der Waals surface area contributed by atoms with Gasteiger partial charge in [-0.05, 0) is 196 Å². The molecule has 0 saturated heterocycles. The van der Waals surface area contributed by atoms with Gasteiger partial charge in [-0.1, -0.05) is 51.3 Å². The van der Waals surface area contributed by atoms with Gasteiger partial charge in [-0.3, -0.25) is 9.59 Å². The number of likely N-dealkylation sites (N-methyl/N-ethyl adjacent to an activating group) is 1. The third kappa shape index (κ3) is 9.15. The molecule has 5 N–H and O–H groups in total. The Kier molecular flexibility index (Phi) is 15.0. The smallest absolute Gasteiger partial charge is 0.308 e. The van der Waals surface area contributed by atoms with Crippen LogP contribution in [0.4, 0.5) is 5.69 Å². The molecule has 11 heteroatoms. The second kappa shape index (κ2) is 20.4. The average Bonchev–Trinajstić information content (AvgIpc) is 3.83. The van der Waals surface area contributed by atoms with Gasteiger partial charge in [-0.25, -0.2) is 0 Å². The highest BCUT2D eigenvalue weighted by Gasteiger charge is 2.67. The Morgan fingerprint density at radius 3 is 2.49 bits per heavy atom. The van der Waals surface area contributed by atoms with E-state index in [4.69, 9.17) is 14.2 Å². The van der Waals surface area contributed by atoms with Gasteiger partial charge < -0.3 is 45.0 Å². The maximum atomic E-state index is 12.6. The summed E-state index contributed by atoms with van der Waals surface area (Å²) in [5.74, 6) is 7.63. The Balaban J connectivity index is 0.869. The molecule has 8 aliphatic carbocycles. The van der Waals surface area contributed by atoms with Crippen LogP contribution in [0.2, 0.25) is 0 Å². The zero-order chi connectivity index (χ0) is 49.8. The summed E-state index contributed by atoms with van der Waals surface area (Å²) in [4.78, 5) is 38.9. The van der Waals surface area contributed by atoms with Crippen LogP contribution in [0.5, 0.6) is 0 Å². The molecule has 6 fully saturated rings. The van der Waals surface area contributed by atoms with E-state index >= 15 is 0 Å². The van der Waals surface area contributed by atoms with E-state index in [1.165, 1.54) is 22.3 Å². The third-order valence-corrected chi connectivity index (χ3v) is 21.1. The first kappa shape index (κ1) is 51.4. The van der Waals surface area contributed by atoms with E-state index in [9.17, 15) is 29.7 Å². The number of aliphatic hydroxyl groups excluding tert-OH is 1. The molecular formula is C59H84N2O9. The van der Waals surface area contributed by atoms with Crippen LogP contribution < -0.4 is 15.7 Å². The normalized spacial score (nSPS) is 40.0. The summed E-state index contributed by atoms with van der Waals surface area (Å²) in [7, 11) is 2.14. The number of aliphatic hydroxyl groups is 2. The number of quaternary nitrogens is 1. The minimum absolute atomic E-state index is 0.00587. The quantitative estimate of drug-likeness (QED) is 0.0857. The average molecular weight is 965 g/mol. The molecule has 1 aromatic rings. The summed E-state index contributed by atoms with van der Waals surface area (Å²) in [6.07, 6.45) is 15.3. The molecule has 8 aliphatic rings. The molecule has 16 atom stereocenters. The van der Waals surface area contributed by atoms with Gasteiger partial charge in [0, 0.05) is 49.4 Å². The highest BCUT2D eigenvalue weighted by Crippen LogP contribution is 2.70. The predicted molar refractivity (Wildman–Crippen MR) is 266 cm³/mol. The van der Waals surface area contributed by atoms with Crippen molar-refractivity contribution in [3.05, 3.63) is 52.6 Å². The maximum Gasteiger partial charge on any atom is 0.308 e. The molecule has 11 nitrogen and oxygen atoms in total. The van der Waals surface area contributed by atoms with Gasteiger partial charge in [0.15, 0.2) is 12.6 Å². The lowest BCUT2D eigenvalue weighted by Gasteiger charge is -2.64. The molecule has 1 aromatic carbocycles. The van der Waals surface area contributed by atoms with E-state index < -0.39 is 17.7 Å². The Bertz CT molecular complexity index is 2250. The Labute approximate surface area is 418 Å². The van der Waals surface area contributed by atoms with Crippen LogP contribution in [0.25, 0.3) is 0 Å². The highest BCUT2D eigenvalue weighted by molar-refractivity contribution is 5.93. The number of benzene rings is 1. The van der Waals surface area contributed by atoms with Crippen molar-refractivity contribution in [1.82, 2.24) is 0 Å². The summed E-state index contributed by atoms with van der Waals surface area (Å²) in [5, 5.41) is 35.9. The molecule has 0 radical (unpaired) electrons. The van der Waals surface area contributed by atoms with Crippen molar-refractivity contribution in [3.63, 3.8) is 0 Å². The first-order valence-electron chi connectivity index (χ1n) is 27.5. The van der Waals surface area contributed by atoms with Gasteiger partial charge in [0.1, 0.15) is 5.60 Å². The fraction of sp³-hybridized carbons (Fsp3) is 0.746. The SMILES string of the molecule is CC#C[C@]1(O)CCC2C3CCC4=CC(=O)CCC4=C3[C@@H](c3ccc(N(C)CCO[C@H]4CC[C@@]5(C)[C@@H](C4)C[C@@H](OCOC(=O)CCC[NH3+])[C@@H]4[C@@H]5C[C@H](O)[C@]5(C)[C@@H]([C@H](C)CCC(=O)[O-])CC[C@@H]45)cc3)C[C@@]21C. The molecule has 70 heavy (non-hydrogen) atoms. The monoisotopic (exact) mass is 965 g/mol. The number of carbonyl (C=O) groups excluding carboxylic acids is 3. The molecule has 9 rings (SSSR count). The highest BCUT2D eigenvalue weighted by atomic mass is 16.7. The van der Waals surface area contributed by atoms with Crippen LogP contribution in [0.3, 0.4) is 0 Å². The van der Waals surface area contributed by atoms with Crippen molar-refractivity contribution in [2.45, 2.75) is 180 Å². The van der Waals surface area contributed by atoms with Gasteiger partial charge in [-0.15, -0.1) is 5.92 Å². The van der Waals surface area contributed by atoms with E-state index in [0.29, 0.717) is 69.4 Å². The van der Waals surface area contributed by atoms with Crippen molar-refractivity contribution in [1.29, 1.82) is 0 Å². The van der Waals surface area contributed by atoms with E-state index in [1.807, 2.05) is 13.0 Å².